The number of ether oxygens (including phenoxy) is 3. The Morgan fingerprint density at radius 1 is 1.10 bits per heavy atom. The molecule has 21 heavy (non-hydrogen) atoms. The van der Waals surface area contributed by atoms with E-state index in [1.165, 1.54) is 5.69 Å². The number of nitrogens with zero attached hydrogens (tertiary/aromatic N) is 1. The van der Waals surface area contributed by atoms with Crippen LogP contribution in [-0.4, -0.2) is 56.3 Å². The highest BCUT2D eigenvalue weighted by Gasteiger charge is 2.38. The Balaban J connectivity index is 1.38. The van der Waals surface area contributed by atoms with Crippen LogP contribution in [-0.2, 0) is 9.47 Å². The molecule has 4 atom stereocenters. The highest BCUT2D eigenvalue weighted by molar-refractivity contribution is 5.49. The first-order valence-electron chi connectivity index (χ1n) is 7.67. The number of epoxide rings is 2. The van der Waals surface area contributed by atoms with Crippen molar-refractivity contribution in [1.82, 2.24) is 0 Å². The summed E-state index contributed by atoms with van der Waals surface area (Å²) in [4.78, 5) is 2.33. The minimum absolute atomic E-state index is 0.191. The van der Waals surface area contributed by atoms with E-state index in [-0.39, 0.29) is 12.7 Å². The molecule has 1 N–H and O–H groups in total. The molecule has 1 saturated carbocycles. The van der Waals surface area contributed by atoms with Crippen molar-refractivity contribution in [2.24, 2.45) is 5.92 Å². The molecule has 4 rings (SSSR count). The fraction of sp³-hybridized carbons (Fsp3) is 0.625. The summed E-state index contributed by atoms with van der Waals surface area (Å²) in [5.41, 5.74) is 1.18. The molecule has 3 aliphatic rings. The van der Waals surface area contributed by atoms with Gasteiger partial charge in [-0.05, 0) is 30.7 Å². The van der Waals surface area contributed by atoms with Gasteiger partial charge in [0.1, 0.15) is 11.9 Å². The standard InChI is InChI=1S/C16H21NO4/c18-8-11-5-16(11)21-13-3-1-12(2-4-13)17(6-14-9-19-14)7-15-10-20-15/h1-4,11,14-16,18H,5-10H2. The van der Waals surface area contributed by atoms with E-state index in [0.717, 1.165) is 38.5 Å². The summed E-state index contributed by atoms with van der Waals surface area (Å²) in [6.45, 7) is 3.81. The SMILES string of the molecule is OCC1CC1Oc1ccc(N(CC2CO2)CC2CO2)cc1. The molecule has 0 spiro atoms. The minimum Gasteiger partial charge on any atom is -0.490 e. The van der Waals surface area contributed by atoms with Crippen LogP contribution in [0.2, 0.25) is 0 Å². The largest absolute Gasteiger partial charge is 0.490 e. The van der Waals surface area contributed by atoms with Crippen LogP contribution >= 0.6 is 0 Å². The summed E-state index contributed by atoms with van der Waals surface area (Å²) < 4.78 is 16.5. The first kappa shape index (κ1) is 13.4. The van der Waals surface area contributed by atoms with Crippen molar-refractivity contribution in [3.8, 4) is 5.75 Å². The second-order valence-electron chi connectivity index (χ2n) is 6.14. The van der Waals surface area contributed by atoms with Crippen molar-refractivity contribution in [3.63, 3.8) is 0 Å². The number of hydrogen-bond donors (Lipinski definition) is 1. The van der Waals surface area contributed by atoms with E-state index in [4.69, 9.17) is 19.3 Å². The third-order valence-electron chi connectivity index (χ3n) is 4.23. The zero-order valence-corrected chi connectivity index (χ0v) is 12.0. The molecule has 0 bridgehead atoms. The maximum atomic E-state index is 9.04. The molecule has 0 aromatic heterocycles. The quantitative estimate of drug-likeness (QED) is 0.726. The lowest BCUT2D eigenvalue weighted by Crippen LogP contribution is -2.31. The van der Waals surface area contributed by atoms with Gasteiger partial charge in [0, 0.05) is 31.3 Å². The van der Waals surface area contributed by atoms with Crippen molar-refractivity contribution in [2.45, 2.75) is 24.7 Å². The highest BCUT2D eigenvalue weighted by Crippen LogP contribution is 2.34. The Morgan fingerprint density at radius 2 is 1.71 bits per heavy atom. The number of hydrogen-bond acceptors (Lipinski definition) is 5. The summed E-state index contributed by atoms with van der Waals surface area (Å²) in [6, 6.07) is 8.21. The van der Waals surface area contributed by atoms with Crippen LogP contribution in [0.3, 0.4) is 0 Å². The van der Waals surface area contributed by atoms with Crippen LogP contribution in [0.4, 0.5) is 5.69 Å². The smallest absolute Gasteiger partial charge is 0.119 e. The minimum atomic E-state index is 0.191. The van der Waals surface area contributed by atoms with Gasteiger partial charge in [-0.3, -0.25) is 0 Å². The van der Waals surface area contributed by atoms with Crippen molar-refractivity contribution in [1.29, 1.82) is 0 Å². The number of aliphatic hydroxyl groups excluding tert-OH is 1. The Morgan fingerprint density at radius 3 is 2.19 bits per heavy atom. The van der Waals surface area contributed by atoms with Crippen molar-refractivity contribution < 1.29 is 19.3 Å². The molecule has 0 amide bonds. The van der Waals surface area contributed by atoms with E-state index in [0.29, 0.717) is 18.1 Å². The van der Waals surface area contributed by atoms with Gasteiger partial charge in [-0.2, -0.15) is 0 Å². The summed E-state index contributed by atoms with van der Waals surface area (Å²) in [5, 5.41) is 9.04. The summed E-state index contributed by atoms with van der Waals surface area (Å²) in [7, 11) is 0. The Labute approximate surface area is 124 Å². The fourth-order valence-electron chi connectivity index (χ4n) is 2.59. The third-order valence-corrected chi connectivity index (χ3v) is 4.23. The van der Waals surface area contributed by atoms with Gasteiger partial charge < -0.3 is 24.2 Å². The number of rotatable bonds is 8. The van der Waals surface area contributed by atoms with Crippen LogP contribution in [0.15, 0.2) is 24.3 Å². The predicted octanol–water partition coefficient (Wildman–Crippen LogP) is 1.05. The van der Waals surface area contributed by atoms with Crippen molar-refractivity contribution in [3.05, 3.63) is 24.3 Å². The molecule has 2 saturated heterocycles. The average molecular weight is 291 g/mol. The highest BCUT2D eigenvalue weighted by atomic mass is 16.6. The van der Waals surface area contributed by atoms with E-state index < -0.39 is 0 Å². The lowest BCUT2D eigenvalue weighted by atomic mass is 10.2. The molecule has 4 unspecified atom stereocenters. The van der Waals surface area contributed by atoms with E-state index in [1.807, 2.05) is 12.1 Å². The second-order valence-corrected chi connectivity index (χ2v) is 6.14. The number of anilines is 1. The predicted molar refractivity (Wildman–Crippen MR) is 77.7 cm³/mol. The second kappa shape index (κ2) is 5.48. The normalized spacial score (nSPS) is 32.6. The van der Waals surface area contributed by atoms with Crippen LogP contribution < -0.4 is 9.64 Å². The molecule has 5 heteroatoms. The molecule has 2 heterocycles. The molecule has 1 aromatic rings. The Hall–Kier alpha value is -1.30. The zero-order chi connectivity index (χ0) is 14.2. The van der Waals surface area contributed by atoms with Crippen LogP contribution in [0.5, 0.6) is 5.75 Å². The Bertz CT molecular complexity index is 470. The van der Waals surface area contributed by atoms with Crippen LogP contribution in [0, 0.1) is 5.92 Å². The maximum absolute atomic E-state index is 9.04. The van der Waals surface area contributed by atoms with Gasteiger partial charge in [0.2, 0.25) is 0 Å². The number of aliphatic hydroxyl groups is 1. The molecule has 1 aromatic carbocycles. The van der Waals surface area contributed by atoms with Crippen molar-refractivity contribution in [2.75, 3.05) is 37.8 Å². The monoisotopic (exact) mass is 291 g/mol. The van der Waals surface area contributed by atoms with E-state index >= 15 is 0 Å². The molecule has 5 nitrogen and oxygen atoms in total. The lowest BCUT2D eigenvalue weighted by molar-refractivity contribution is 0.224. The summed E-state index contributed by atoms with van der Waals surface area (Å²) in [6.07, 6.45) is 1.90. The van der Waals surface area contributed by atoms with Crippen molar-refractivity contribution >= 4 is 5.69 Å². The Kier molecular flexibility index (Phi) is 3.49. The molecule has 3 fully saturated rings. The first-order chi connectivity index (χ1) is 10.3. The van der Waals surface area contributed by atoms with Gasteiger partial charge in [-0.15, -0.1) is 0 Å². The molecule has 2 aliphatic heterocycles. The van der Waals surface area contributed by atoms with Gasteiger partial charge in [-0.25, -0.2) is 0 Å². The third kappa shape index (κ3) is 3.48. The molecule has 114 valence electrons. The molecule has 1 aliphatic carbocycles. The van der Waals surface area contributed by atoms with Gasteiger partial charge in [0.05, 0.1) is 25.4 Å². The van der Waals surface area contributed by atoms with E-state index in [9.17, 15) is 0 Å². The zero-order valence-electron chi connectivity index (χ0n) is 12.0. The molecule has 0 radical (unpaired) electrons. The van der Waals surface area contributed by atoms with Gasteiger partial charge >= 0.3 is 0 Å². The summed E-state index contributed by atoms with van der Waals surface area (Å²) in [5.74, 6) is 1.20. The molecular formula is C16H21NO4. The van der Waals surface area contributed by atoms with Crippen LogP contribution in [0.1, 0.15) is 6.42 Å². The van der Waals surface area contributed by atoms with Gasteiger partial charge in [0.15, 0.2) is 0 Å². The molecular weight excluding hydrogens is 270 g/mol. The summed E-state index contributed by atoms with van der Waals surface area (Å²) >= 11 is 0. The van der Waals surface area contributed by atoms with Gasteiger partial charge in [0.25, 0.3) is 0 Å². The first-order valence-corrected chi connectivity index (χ1v) is 7.67. The fourth-order valence-corrected chi connectivity index (χ4v) is 2.59. The average Bonchev–Trinajstić information content (AvgIpc) is 3.33. The number of benzene rings is 1. The van der Waals surface area contributed by atoms with Gasteiger partial charge in [-0.1, -0.05) is 0 Å². The van der Waals surface area contributed by atoms with E-state index in [1.54, 1.807) is 0 Å². The maximum Gasteiger partial charge on any atom is 0.119 e. The van der Waals surface area contributed by atoms with E-state index in [2.05, 4.69) is 17.0 Å². The van der Waals surface area contributed by atoms with Crippen LogP contribution in [0.25, 0.3) is 0 Å². The lowest BCUT2D eigenvalue weighted by Gasteiger charge is -2.23. The topological polar surface area (TPSA) is 57.8 Å².